The smallest absolute Gasteiger partial charge is 0.409 e. The van der Waals surface area contributed by atoms with Crippen molar-refractivity contribution < 1.29 is 47.4 Å². The third-order valence-electron chi connectivity index (χ3n) is 7.75. The van der Waals surface area contributed by atoms with Gasteiger partial charge >= 0.3 is 6.09 Å². The molecule has 1 atom stereocenters. The van der Waals surface area contributed by atoms with Crippen molar-refractivity contribution in [3.63, 3.8) is 0 Å². The summed E-state index contributed by atoms with van der Waals surface area (Å²) in [6.45, 7) is 7.94. The van der Waals surface area contributed by atoms with Crippen molar-refractivity contribution in [2.45, 2.75) is 31.5 Å². The predicted octanol–water partition coefficient (Wildman–Crippen LogP) is 4.51. The van der Waals surface area contributed by atoms with Crippen LogP contribution in [0.15, 0.2) is 48.5 Å². The molecular weight excluding hydrogens is 594 g/mol. The number of hydrogen-bond acceptors (Lipinski definition) is 10. The molecule has 256 valence electrons. The second-order valence-corrected chi connectivity index (χ2v) is 11.1. The molecule has 0 radical (unpaired) electrons. The van der Waals surface area contributed by atoms with E-state index in [-0.39, 0.29) is 18.3 Å². The first-order valence-corrected chi connectivity index (χ1v) is 16.5. The van der Waals surface area contributed by atoms with Crippen LogP contribution in [-0.2, 0) is 42.6 Å². The van der Waals surface area contributed by atoms with Crippen molar-refractivity contribution in [3.8, 4) is 11.1 Å². The van der Waals surface area contributed by atoms with E-state index in [0.29, 0.717) is 99.0 Å². The fraction of sp³-hybridized carbons (Fsp3) is 0.629. The number of ether oxygens (including phenoxy) is 9. The van der Waals surface area contributed by atoms with E-state index in [0.717, 1.165) is 25.9 Å². The molecule has 1 unspecified atom stereocenters. The van der Waals surface area contributed by atoms with Crippen molar-refractivity contribution in [1.82, 2.24) is 4.90 Å². The Hall–Kier alpha value is -2.61. The lowest BCUT2D eigenvalue weighted by Gasteiger charge is -2.22. The van der Waals surface area contributed by atoms with Gasteiger partial charge in [-0.25, -0.2) is 4.79 Å². The van der Waals surface area contributed by atoms with Gasteiger partial charge in [0.1, 0.15) is 6.61 Å². The maximum atomic E-state index is 12.6. The highest BCUT2D eigenvalue weighted by Crippen LogP contribution is 2.44. The van der Waals surface area contributed by atoms with Crippen LogP contribution >= 0.6 is 0 Å². The number of nitrogens with zero attached hydrogens (tertiary/aromatic N) is 1. The Kier molecular flexibility index (Phi) is 17.4. The molecule has 46 heavy (non-hydrogen) atoms. The van der Waals surface area contributed by atoms with E-state index in [2.05, 4.69) is 24.3 Å². The molecule has 1 amide bonds. The number of carbonyl (C=O) groups is 1. The molecule has 0 N–H and O–H groups in total. The zero-order valence-corrected chi connectivity index (χ0v) is 27.2. The fourth-order valence-electron chi connectivity index (χ4n) is 5.28. The Morgan fingerprint density at radius 3 is 1.65 bits per heavy atom. The van der Waals surface area contributed by atoms with E-state index in [1.54, 1.807) is 7.05 Å². The summed E-state index contributed by atoms with van der Waals surface area (Å²) in [7, 11) is 1.72. The summed E-state index contributed by atoms with van der Waals surface area (Å²) >= 11 is 0. The summed E-state index contributed by atoms with van der Waals surface area (Å²) in [5.74, 6) is 0.0452. The van der Waals surface area contributed by atoms with Gasteiger partial charge in [-0.1, -0.05) is 48.5 Å². The van der Waals surface area contributed by atoms with Crippen molar-refractivity contribution in [1.29, 1.82) is 0 Å². The highest BCUT2D eigenvalue weighted by Gasteiger charge is 2.29. The number of likely N-dealkylation sites (N-methyl/N-ethyl adjacent to an activating group) is 1. The van der Waals surface area contributed by atoms with Crippen molar-refractivity contribution >= 4 is 6.09 Å². The maximum absolute atomic E-state index is 12.6. The molecule has 11 heteroatoms. The maximum Gasteiger partial charge on any atom is 0.409 e. The van der Waals surface area contributed by atoms with Crippen molar-refractivity contribution in [2.24, 2.45) is 0 Å². The predicted molar refractivity (Wildman–Crippen MR) is 172 cm³/mol. The molecule has 0 spiro atoms. The molecule has 0 aromatic heterocycles. The molecule has 4 rings (SSSR count). The van der Waals surface area contributed by atoms with Gasteiger partial charge in [-0.15, -0.1) is 0 Å². The van der Waals surface area contributed by atoms with Gasteiger partial charge in [0.15, 0.2) is 6.29 Å². The van der Waals surface area contributed by atoms with Crippen LogP contribution in [0.4, 0.5) is 4.79 Å². The Balaban J connectivity index is 0.875. The van der Waals surface area contributed by atoms with Crippen LogP contribution in [-0.4, -0.2) is 130 Å². The molecule has 2 aliphatic rings. The molecule has 0 bridgehead atoms. The number of carbonyl (C=O) groups excluding carboxylic acids is 1. The normalized spacial score (nSPS) is 15.9. The summed E-state index contributed by atoms with van der Waals surface area (Å²) in [6, 6.07) is 16.6. The Morgan fingerprint density at radius 1 is 0.674 bits per heavy atom. The van der Waals surface area contributed by atoms with E-state index in [9.17, 15) is 4.79 Å². The standard InChI is InChI=1S/C35H51NO10/c1-36(35(37)46-28-33-31-10-4-2-8-29(31)30-9-3-5-11-32(30)33)13-15-38-16-17-39-18-19-40-20-21-41-22-23-42-24-25-43-26-27-45-34-12-6-7-14-44-34/h2-5,8-11,33-34H,6-7,12-28H2,1H3. The largest absolute Gasteiger partial charge is 0.448 e. The molecule has 0 saturated carbocycles. The third-order valence-corrected chi connectivity index (χ3v) is 7.75. The summed E-state index contributed by atoms with van der Waals surface area (Å²) in [6.07, 6.45) is 2.82. The zero-order chi connectivity index (χ0) is 32.1. The van der Waals surface area contributed by atoms with E-state index in [1.165, 1.54) is 27.2 Å². The zero-order valence-electron chi connectivity index (χ0n) is 27.2. The lowest BCUT2D eigenvalue weighted by Crippen LogP contribution is -2.32. The second-order valence-electron chi connectivity index (χ2n) is 11.1. The van der Waals surface area contributed by atoms with E-state index in [1.807, 2.05) is 24.3 Å². The molecule has 1 aliphatic heterocycles. The fourth-order valence-corrected chi connectivity index (χ4v) is 5.28. The summed E-state index contributed by atoms with van der Waals surface area (Å²) < 4.78 is 49.9. The van der Waals surface area contributed by atoms with Gasteiger partial charge < -0.3 is 47.5 Å². The first kappa shape index (κ1) is 36.2. The van der Waals surface area contributed by atoms with Gasteiger partial charge in [-0.3, -0.25) is 0 Å². The number of benzene rings is 2. The van der Waals surface area contributed by atoms with Crippen LogP contribution in [0.3, 0.4) is 0 Å². The summed E-state index contributed by atoms with van der Waals surface area (Å²) in [5, 5.41) is 0. The molecule has 1 heterocycles. The van der Waals surface area contributed by atoms with Crippen LogP contribution in [0.5, 0.6) is 0 Å². The van der Waals surface area contributed by atoms with Crippen LogP contribution in [0.1, 0.15) is 36.3 Å². The van der Waals surface area contributed by atoms with Crippen LogP contribution in [0.2, 0.25) is 0 Å². The first-order valence-electron chi connectivity index (χ1n) is 16.5. The van der Waals surface area contributed by atoms with Crippen molar-refractivity contribution in [2.75, 3.05) is 113 Å². The topological polar surface area (TPSA) is 103 Å². The molecule has 2 aromatic rings. The highest BCUT2D eigenvalue weighted by molar-refractivity contribution is 5.79. The van der Waals surface area contributed by atoms with Crippen LogP contribution in [0.25, 0.3) is 11.1 Å². The lowest BCUT2D eigenvalue weighted by atomic mass is 9.98. The number of hydrogen-bond donors (Lipinski definition) is 0. The van der Waals surface area contributed by atoms with Crippen molar-refractivity contribution in [3.05, 3.63) is 59.7 Å². The minimum absolute atomic E-state index is 0.0452. The number of amides is 1. The summed E-state index contributed by atoms with van der Waals surface area (Å²) in [4.78, 5) is 14.1. The van der Waals surface area contributed by atoms with E-state index < -0.39 is 0 Å². The third kappa shape index (κ3) is 12.9. The molecule has 1 aliphatic carbocycles. The molecule has 1 saturated heterocycles. The molecule has 11 nitrogen and oxygen atoms in total. The van der Waals surface area contributed by atoms with Crippen LogP contribution in [0, 0.1) is 0 Å². The Labute approximate surface area is 273 Å². The van der Waals surface area contributed by atoms with Gasteiger partial charge in [0.2, 0.25) is 0 Å². The molecule has 1 fully saturated rings. The SMILES string of the molecule is CN(CCOCCOCCOCCOCCOCCOCCOC1CCCCO1)C(=O)OCC1c2ccccc2-c2ccccc21. The van der Waals surface area contributed by atoms with E-state index in [4.69, 9.17) is 42.6 Å². The highest BCUT2D eigenvalue weighted by atomic mass is 16.7. The van der Waals surface area contributed by atoms with Gasteiger partial charge in [0.05, 0.1) is 85.9 Å². The van der Waals surface area contributed by atoms with Gasteiger partial charge in [-0.05, 0) is 41.5 Å². The van der Waals surface area contributed by atoms with E-state index >= 15 is 0 Å². The van der Waals surface area contributed by atoms with Gasteiger partial charge in [0, 0.05) is 26.1 Å². The minimum Gasteiger partial charge on any atom is -0.448 e. The Morgan fingerprint density at radius 2 is 1.15 bits per heavy atom. The Bertz CT molecular complexity index is 1070. The first-order chi connectivity index (χ1) is 22.7. The molecular formula is C35H51NO10. The number of rotatable bonds is 24. The molecule has 2 aromatic carbocycles. The average Bonchev–Trinajstić information content (AvgIpc) is 3.41. The van der Waals surface area contributed by atoms with Gasteiger partial charge in [0.25, 0.3) is 0 Å². The minimum atomic E-state index is -0.358. The summed E-state index contributed by atoms with van der Waals surface area (Å²) in [5.41, 5.74) is 4.81. The average molecular weight is 646 g/mol. The second kappa shape index (κ2) is 22.0. The quantitative estimate of drug-likeness (QED) is 0.152. The number of fused-ring (bicyclic) bond motifs is 3. The van der Waals surface area contributed by atoms with Gasteiger partial charge in [-0.2, -0.15) is 0 Å². The van der Waals surface area contributed by atoms with Crippen LogP contribution < -0.4 is 0 Å². The lowest BCUT2D eigenvalue weighted by molar-refractivity contribution is -0.169. The monoisotopic (exact) mass is 645 g/mol.